The molecule has 0 spiro atoms. The lowest BCUT2D eigenvalue weighted by atomic mass is 9.98. The summed E-state index contributed by atoms with van der Waals surface area (Å²) in [4.78, 5) is 29.5. The number of ether oxygens (including phenoxy) is 1. The van der Waals surface area contributed by atoms with Crippen molar-refractivity contribution >= 4 is 43.8 Å². The largest absolute Gasteiger partial charge is 0.462 e. The number of sulfone groups is 1. The monoisotopic (exact) mass is 462 g/mol. The van der Waals surface area contributed by atoms with E-state index in [-0.39, 0.29) is 17.4 Å². The third-order valence-electron chi connectivity index (χ3n) is 5.17. The lowest BCUT2D eigenvalue weighted by molar-refractivity contribution is -0.111. The fourth-order valence-electron chi connectivity index (χ4n) is 3.55. The number of carbonyl (C=O) groups is 2. The first kappa shape index (κ1) is 23.1. The summed E-state index contributed by atoms with van der Waals surface area (Å²) >= 11 is 1.05. The molecule has 0 unspecified atom stereocenters. The molecule has 9 heteroatoms. The summed E-state index contributed by atoms with van der Waals surface area (Å²) in [5.41, 5.74) is 1.09. The van der Waals surface area contributed by atoms with Gasteiger partial charge in [-0.15, -0.1) is 0 Å². The molecule has 7 nitrogen and oxygen atoms in total. The van der Waals surface area contributed by atoms with E-state index in [0.29, 0.717) is 27.1 Å². The van der Waals surface area contributed by atoms with Gasteiger partial charge >= 0.3 is 5.97 Å². The molecule has 0 saturated heterocycles. The molecule has 2 aromatic rings. The van der Waals surface area contributed by atoms with Gasteiger partial charge in [-0.1, -0.05) is 55.2 Å². The number of esters is 1. The van der Waals surface area contributed by atoms with Crippen molar-refractivity contribution in [2.24, 2.45) is 5.92 Å². The van der Waals surface area contributed by atoms with Crippen LogP contribution < -0.4 is 5.32 Å². The number of anilines is 1. The minimum Gasteiger partial charge on any atom is -0.462 e. The van der Waals surface area contributed by atoms with Crippen LogP contribution in [0.1, 0.15) is 54.3 Å². The van der Waals surface area contributed by atoms with Crippen LogP contribution in [-0.2, 0) is 19.4 Å². The predicted molar refractivity (Wildman–Crippen MR) is 121 cm³/mol. The maximum Gasteiger partial charge on any atom is 0.350 e. The Bertz CT molecular complexity index is 1070. The second-order valence-corrected chi connectivity index (χ2v) is 10.6. The van der Waals surface area contributed by atoms with E-state index in [4.69, 9.17) is 4.74 Å². The number of benzene rings is 1. The summed E-state index contributed by atoms with van der Waals surface area (Å²) in [5.74, 6) is -0.280. The molecule has 0 aliphatic heterocycles. The molecule has 1 aromatic carbocycles. The third kappa shape index (κ3) is 6.24. The second kappa shape index (κ2) is 10.2. The predicted octanol–water partition coefficient (Wildman–Crippen LogP) is 4.33. The van der Waals surface area contributed by atoms with Gasteiger partial charge in [0.25, 0.3) is 5.91 Å². The summed E-state index contributed by atoms with van der Waals surface area (Å²) in [7, 11) is -3.32. The Kier molecular flexibility index (Phi) is 7.61. The number of carbonyl (C=O) groups excluding carboxylic acids is 2. The smallest absolute Gasteiger partial charge is 0.350 e. The third-order valence-corrected chi connectivity index (χ3v) is 7.19. The van der Waals surface area contributed by atoms with Crippen molar-refractivity contribution in [1.82, 2.24) is 4.98 Å². The molecule has 1 heterocycles. The number of nitrogens with zero attached hydrogens (tertiary/aromatic N) is 1. The van der Waals surface area contributed by atoms with Gasteiger partial charge in [0.1, 0.15) is 4.88 Å². The van der Waals surface area contributed by atoms with E-state index in [9.17, 15) is 18.0 Å². The highest BCUT2D eigenvalue weighted by atomic mass is 32.2. The van der Waals surface area contributed by atoms with E-state index in [1.165, 1.54) is 31.2 Å². The van der Waals surface area contributed by atoms with E-state index in [1.54, 1.807) is 19.1 Å². The maximum atomic E-state index is 13.1. The van der Waals surface area contributed by atoms with Gasteiger partial charge in [-0.3, -0.25) is 10.1 Å². The van der Waals surface area contributed by atoms with Crippen molar-refractivity contribution in [2.75, 3.05) is 18.2 Å². The molecule has 0 radical (unpaired) electrons. The molecule has 3 rings (SSSR count). The van der Waals surface area contributed by atoms with Crippen LogP contribution in [0.4, 0.5) is 5.13 Å². The van der Waals surface area contributed by atoms with Gasteiger partial charge in [0.2, 0.25) is 0 Å². The number of thiazole rings is 1. The minimum atomic E-state index is -3.32. The number of hydrogen-bond acceptors (Lipinski definition) is 7. The molecule has 31 heavy (non-hydrogen) atoms. The molecular formula is C22H26N2O5S2. The van der Waals surface area contributed by atoms with Gasteiger partial charge in [0.05, 0.1) is 17.7 Å². The molecule has 1 N–H and O–H groups in total. The van der Waals surface area contributed by atoms with Crippen LogP contribution in [0.25, 0.3) is 5.57 Å². The standard InChI is InChI=1S/C22H26N2O5S2/c1-3-29-21(26)19-14-23-22(30-19)24-20(25)18(13-8-15-6-4-5-7-15)16-9-11-17(12-10-16)31(2,27)28/h9-15H,3-8H2,1-2H3,(H,23,24,25). The Hall–Kier alpha value is -2.52. The van der Waals surface area contributed by atoms with Crippen LogP contribution in [0.5, 0.6) is 0 Å². The zero-order chi connectivity index (χ0) is 22.4. The van der Waals surface area contributed by atoms with Crippen molar-refractivity contribution < 1.29 is 22.7 Å². The highest BCUT2D eigenvalue weighted by molar-refractivity contribution is 7.90. The fraction of sp³-hybridized carbons (Fsp3) is 0.409. The van der Waals surface area contributed by atoms with Crippen molar-refractivity contribution in [3.63, 3.8) is 0 Å². The average molecular weight is 463 g/mol. The molecule has 1 aliphatic rings. The molecule has 166 valence electrons. The van der Waals surface area contributed by atoms with Gasteiger partial charge in [-0.05, 0) is 37.0 Å². The van der Waals surface area contributed by atoms with Crippen LogP contribution in [0.3, 0.4) is 0 Å². The Morgan fingerprint density at radius 2 is 1.90 bits per heavy atom. The van der Waals surface area contributed by atoms with E-state index in [0.717, 1.165) is 36.9 Å². The first-order chi connectivity index (χ1) is 14.8. The van der Waals surface area contributed by atoms with E-state index < -0.39 is 15.8 Å². The average Bonchev–Trinajstić information content (AvgIpc) is 3.40. The summed E-state index contributed by atoms with van der Waals surface area (Å²) in [6.45, 7) is 1.98. The van der Waals surface area contributed by atoms with Crippen LogP contribution in [0.15, 0.2) is 41.4 Å². The van der Waals surface area contributed by atoms with Crippen molar-refractivity contribution in [1.29, 1.82) is 0 Å². The lowest BCUT2D eigenvalue weighted by Crippen LogP contribution is -2.14. The van der Waals surface area contributed by atoms with Crippen LogP contribution in [-0.4, -0.2) is 38.1 Å². The highest BCUT2D eigenvalue weighted by Crippen LogP contribution is 2.30. The normalized spacial score (nSPS) is 15.1. The second-order valence-electron chi connectivity index (χ2n) is 7.50. The summed E-state index contributed by atoms with van der Waals surface area (Å²) in [6, 6.07) is 6.29. The number of aromatic nitrogens is 1. The Morgan fingerprint density at radius 1 is 1.23 bits per heavy atom. The van der Waals surface area contributed by atoms with Crippen LogP contribution in [0, 0.1) is 5.92 Å². The molecule has 1 aliphatic carbocycles. The zero-order valence-electron chi connectivity index (χ0n) is 17.6. The Labute approximate surface area is 186 Å². The lowest BCUT2D eigenvalue weighted by Gasteiger charge is -2.11. The zero-order valence-corrected chi connectivity index (χ0v) is 19.2. The van der Waals surface area contributed by atoms with Gasteiger partial charge in [-0.25, -0.2) is 18.2 Å². The van der Waals surface area contributed by atoms with Crippen molar-refractivity contribution in [3.05, 3.63) is 47.0 Å². The summed E-state index contributed by atoms with van der Waals surface area (Å²) in [6.07, 6.45) is 9.93. The van der Waals surface area contributed by atoms with Crippen LogP contribution >= 0.6 is 11.3 Å². The fourth-order valence-corrected chi connectivity index (χ4v) is 4.88. The van der Waals surface area contributed by atoms with Crippen molar-refractivity contribution in [2.45, 2.75) is 43.9 Å². The topological polar surface area (TPSA) is 102 Å². The minimum absolute atomic E-state index is 0.200. The number of allylic oxidation sites excluding steroid dienone is 1. The molecule has 1 saturated carbocycles. The molecule has 0 atom stereocenters. The Morgan fingerprint density at radius 3 is 2.52 bits per heavy atom. The number of amides is 1. The Balaban J connectivity index is 1.82. The first-order valence-electron chi connectivity index (χ1n) is 10.2. The maximum absolute atomic E-state index is 13.1. The number of hydrogen-bond donors (Lipinski definition) is 1. The highest BCUT2D eigenvalue weighted by Gasteiger charge is 2.19. The van der Waals surface area contributed by atoms with E-state index in [2.05, 4.69) is 10.3 Å². The summed E-state index contributed by atoms with van der Waals surface area (Å²) < 4.78 is 28.5. The first-order valence-corrected chi connectivity index (χ1v) is 12.9. The number of nitrogens with one attached hydrogen (secondary N) is 1. The summed E-state index contributed by atoms with van der Waals surface area (Å²) in [5, 5.41) is 3.05. The van der Waals surface area contributed by atoms with Gasteiger partial charge in [0.15, 0.2) is 15.0 Å². The van der Waals surface area contributed by atoms with Gasteiger partial charge < -0.3 is 4.74 Å². The van der Waals surface area contributed by atoms with Crippen LogP contribution in [0.2, 0.25) is 0 Å². The number of rotatable bonds is 8. The molecular weight excluding hydrogens is 436 g/mol. The SMILES string of the molecule is CCOC(=O)c1cnc(NC(=O)C(=CCC2CCCC2)c2ccc(S(C)(=O)=O)cc2)s1. The molecule has 1 aromatic heterocycles. The van der Waals surface area contributed by atoms with Gasteiger partial charge in [0, 0.05) is 11.8 Å². The van der Waals surface area contributed by atoms with Crippen molar-refractivity contribution in [3.8, 4) is 0 Å². The molecule has 1 fully saturated rings. The van der Waals surface area contributed by atoms with E-state index in [1.807, 2.05) is 6.08 Å². The molecule has 0 bridgehead atoms. The molecule has 1 amide bonds. The van der Waals surface area contributed by atoms with E-state index >= 15 is 0 Å². The quantitative estimate of drug-likeness (QED) is 0.463. The van der Waals surface area contributed by atoms with Gasteiger partial charge in [-0.2, -0.15) is 0 Å².